The normalized spacial score (nSPS) is 11.5. The molecule has 0 amide bonds. The van der Waals surface area contributed by atoms with E-state index in [2.05, 4.69) is 0 Å². The molecule has 0 aromatic heterocycles. The van der Waals surface area contributed by atoms with Crippen molar-refractivity contribution in [3.8, 4) is 34.5 Å². The summed E-state index contributed by atoms with van der Waals surface area (Å²) in [6, 6.07) is 28.5. The van der Waals surface area contributed by atoms with Crippen LogP contribution in [0.3, 0.4) is 0 Å². The zero-order chi connectivity index (χ0) is 34.6. The maximum atomic E-state index is 14.5. The number of hydrogen-bond donors (Lipinski definition) is 0. The van der Waals surface area contributed by atoms with Crippen molar-refractivity contribution < 1.29 is 36.3 Å². The lowest BCUT2D eigenvalue weighted by Gasteiger charge is -2.24. The molecule has 0 bridgehead atoms. The van der Waals surface area contributed by atoms with Crippen LogP contribution in [0.1, 0.15) is 44.5 Å². The Morgan fingerprint density at radius 3 is 0.771 bits per heavy atom. The van der Waals surface area contributed by atoms with E-state index < -0.39 is 15.6 Å². The molecule has 5 aromatic carbocycles. The number of rotatable bonds is 12. The van der Waals surface area contributed by atoms with Gasteiger partial charge in [-0.15, -0.1) is 0 Å². The van der Waals surface area contributed by atoms with Crippen LogP contribution in [0.15, 0.2) is 97.1 Å². The minimum atomic E-state index is -4.39. The Morgan fingerprint density at radius 1 is 0.333 bits per heavy atom. The summed E-state index contributed by atoms with van der Waals surface area (Å²) in [5, 5.41) is 0. The lowest BCUT2D eigenvalue weighted by Crippen LogP contribution is -2.11. The minimum Gasteiger partial charge on any atom is -0.386 e. The van der Waals surface area contributed by atoms with Crippen molar-refractivity contribution in [2.45, 2.75) is 55.4 Å². The van der Waals surface area contributed by atoms with E-state index >= 15 is 0 Å². The van der Waals surface area contributed by atoms with E-state index in [1.807, 2.05) is 128 Å². The lowest BCUT2D eigenvalue weighted by atomic mass is 10.1. The molecule has 250 valence electrons. The molecule has 10 heteroatoms. The Hall–Kier alpha value is -4.64. The molecule has 5 rings (SSSR count). The predicted octanol–water partition coefficient (Wildman–Crippen LogP) is 11.4. The first kappa shape index (κ1) is 34.7. The molecule has 0 atom stereocenters. The first-order valence-electron chi connectivity index (χ1n) is 15.5. The second kappa shape index (κ2) is 14.2. The molecule has 0 aliphatic carbocycles. The summed E-state index contributed by atoms with van der Waals surface area (Å²) in [6.45, 7) is 14.8. The van der Waals surface area contributed by atoms with Gasteiger partial charge in [0.1, 0.15) is 34.5 Å². The third kappa shape index (κ3) is 8.07. The Morgan fingerprint density at radius 2 is 0.542 bits per heavy atom. The molecule has 0 N–H and O–H groups in total. The molecule has 0 saturated carbocycles. The van der Waals surface area contributed by atoms with Crippen LogP contribution in [0.4, 0.5) is 0 Å². The highest BCUT2D eigenvalue weighted by molar-refractivity contribution is 7.50. The summed E-state index contributed by atoms with van der Waals surface area (Å²) < 4.78 is 65.6. The van der Waals surface area contributed by atoms with E-state index in [1.165, 1.54) is 6.07 Å². The van der Waals surface area contributed by atoms with Crippen LogP contribution < -0.4 is 27.1 Å². The molecular formula is C38H40O8P2. The fourth-order valence-electron chi connectivity index (χ4n) is 5.18. The van der Waals surface area contributed by atoms with Gasteiger partial charge < -0.3 is 27.1 Å². The second-order valence-electron chi connectivity index (χ2n) is 11.8. The summed E-state index contributed by atoms with van der Waals surface area (Å²) in [4.78, 5) is 0. The van der Waals surface area contributed by atoms with Crippen LogP contribution in [0.5, 0.6) is 34.5 Å². The summed E-state index contributed by atoms with van der Waals surface area (Å²) in [7, 11) is -8.77. The standard InChI is InChI=1S/C38H40O8P2/c1-25-14-9-15-26(2)35(25)43-47(39,44-36-27(3)16-10-17-28(36)4)41-33-22-13-23-34(24-33)42-48(40,45-37-29(5)18-11-19-30(37)6)46-38-31(7)20-12-21-32(38)8/h9-24H,1-8H3. The van der Waals surface area contributed by atoms with Gasteiger partial charge in [-0.2, -0.15) is 9.13 Å². The van der Waals surface area contributed by atoms with Crippen molar-refractivity contribution in [3.05, 3.63) is 142 Å². The maximum Gasteiger partial charge on any atom is 0.647 e. The van der Waals surface area contributed by atoms with Crippen molar-refractivity contribution in [1.82, 2.24) is 0 Å². The first-order chi connectivity index (χ1) is 22.8. The van der Waals surface area contributed by atoms with Gasteiger partial charge in [-0.1, -0.05) is 78.9 Å². The van der Waals surface area contributed by atoms with Crippen molar-refractivity contribution in [1.29, 1.82) is 0 Å². The number of phosphoric ester groups is 2. The van der Waals surface area contributed by atoms with Gasteiger partial charge in [0, 0.05) is 6.07 Å². The highest BCUT2D eigenvalue weighted by atomic mass is 31.2. The predicted molar refractivity (Wildman–Crippen MR) is 189 cm³/mol. The molecule has 0 aliphatic heterocycles. The number of hydrogen-bond acceptors (Lipinski definition) is 8. The van der Waals surface area contributed by atoms with Crippen LogP contribution in [-0.2, 0) is 9.13 Å². The molecule has 0 radical (unpaired) electrons. The number of para-hydroxylation sites is 4. The largest absolute Gasteiger partial charge is 0.647 e. The molecule has 8 nitrogen and oxygen atoms in total. The second-order valence-corrected chi connectivity index (χ2v) is 14.7. The third-order valence-corrected chi connectivity index (χ3v) is 10.2. The summed E-state index contributed by atoms with van der Waals surface area (Å²) >= 11 is 0. The Balaban J connectivity index is 1.52. The maximum absolute atomic E-state index is 14.5. The van der Waals surface area contributed by atoms with Crippen LogP contribution in [0.2, 0.25) is 0 Å². The Labute approximate surface area is 282 Å². The monoisotopic (exact) mass is 686 g/mol. The van der Waals surface area contributed by atoms with Gasteiger partial charge in [0.2, 0.25) is 0 Å². The van der Waals surface area contributed by atoms with Crippen molar-refractivity contribution in [2.75, 3.05) is 0 Å². The number of phosphoric acid groups is 2. The highest BCUT2D eigenvalue weighted by Gasteiger charge is 2.38. The molecule has 0 saturated heterocycles. The van der Waals surface area contributed by atoms with E-state index in [1.54, 1.807) is 18.2 Å². The first-order valence-corrected chi connectivity index (χ1v) is 18.4. The molecule has 0 unspecified atom stereocenters. The number of benzene rings is 5. The quantitative estimate of drug-likeness (QED) is 0.120. The van der Waals surface area contributed by atoms with Gasteiger partial charge >= 0.3 is 15.6 Å². The number of aryl methyl sites for hydroxylation is 8. The van der Waals surface area contributed by atoms with Crippen molar-refractivity contribution in [3.63, 3.8) is 0 Å². The van der Waals surface area contributed by atoms with Crippen molar-refractivity contribution >= 4 is 15.6 Å². The van der Waals surface area contributed by atoms with Gasteiger partial charge in [-0.05, 0) is 112 Å². The van der Waals surface area contributed by atoms with Crippen LogP contribution in [0.25, 0.3) is 0 Å². The third-order valence-electron chi connectivity index (χ3n) is 7.69. The van der Waals surface area contributed by atoms with Crippen LogP contribution >= 0.6 is 15.6 Å². The summed E-state index contributed by atoms with van der Waals surface area (Å²) in [5.41, 5.74) is 6.07. The highest BCUT2D eigenvalue weighted by Crippen LogP contribution is 2.55. The minimum absolute atomic E-state index is 0.0824. The molecule has 0 fully saturated rings. The van der Waals surface area contributed by atoms with Gasteiger partial charge in [0.25, 0.3) is 0 Å². The molecule has 0 spiro atoms. The SMILES string of the molecule is Cc1cccc(C)c1OP(=O)(Oc1cccc(OP(=O)(Oc2c(C)cccc2C)Oc2c(C)cccc2C)c1)Oc1c(C)cccc1C. The lowest BCUT2D eigenvalue weighted by molar-refractivity contribution is 0.292. The van der Waals surface area contributed by atoms with Crippen LogP contribution in [-0.4, -0.2) is 0 Å². The molecule has 0 heterocycles. The van der Waals surface area contributed by atoms with E-state index in [-0.39, 0.29) is 11.5 Å². The van der Waals surface area contributed by atoms with Crippen molar-refractivity contribution in [2.24, 2.45) is 0 Å². The summed E-state index contributed by atoms with van der Waals surface area (Å²) in [6.07, 6.45) is 0. The zero-order valence-corrected chi connectivity index (χ0v) is 30.2. The Kier molecular flexibility index (Phi) is 10.3. The fraction of sp³-hybridized carbons (Fsp3) is 0.211. The van der Waals surface area contributed by atoms with E-state index in [0.717, 1.165) is 44.5 Å². The smallest absolute Gasteiger partial charge is 0.386 e. The molecule has 5 aromatic rings. The zero-order valence-electron chi connectivity index (χ0n) is 28.4. The van der Waals surface area contributed by atoms with Gasteiger partial charge in [-0.3, -0.25) is 0 Å². The average Bonchev–Trinajstić information content (AvgIpc) is 3.01. The van der Waals surface area contributed by atoms with Gasteiger partial charge in [0.05, 0.1) is 0 Å². The van der Waals surface area contributed by atoms with Gasteiger partial charge in [-0.25, -0.2) is 0 Å². The fourth-order valence-corrected chi connectivity index (χ4v) is 8.19. The molecular weight excluding hydrogens is 646 g/mol. The Bertz CT molecular complexity index is 1720. The topological polar surface area (TPSA) is 89.5 Å². The van der Waals surface area contributed by atoms with E-state index in [4.69, 9.17) is 27.1 Å². The molecule has 48 heavy (non-hydrogen) atoms. The van der Waals surface area contributed by atoms with Crippen LogP contribution in [0, 0.1) is 55.4 Å². The van der Waals surface area contributed by atoms with E-state index in [9.17, 15) is 9.13 Å². The summed E-state index contributed by atoms with van der Waals surface area (Å²) in [5.74, 6) is 1.69. The van der Waals surface area contributed by atoms with E-state index in [0.29, 0.717) is 23.0 Å². The van der Waals surface area contributed by atoms with Gasteiger partial charge in [0.15, 0.2) is 0 Å². The average molecular weight is 687 g/mol. The molecule has 0 aliphatic rings.